The molecular formula is C39H75N3O12. The zero-order chi connectivity index (χ0) is 41.1. The van der Waals surface area contributed by atoms with Crippen molar-refractivity contribution in [1.29, 1.82) is 0 Å². The zero-order valence-corrected chi connectivity index (χ0v) is 35.1. The highest BCUT2D eigenvalue weighted by atomic mass is 16.7. The van der Waals surface area contributed by atoms with Crippen molar-refractivity contribution in [2.24, 2.45) is 29.4 Å². The van der Waals surface area contributed by atoms with Crippen molar-refractivity contribution in [3.8, 4) is 0 Å². The molecule has 3 saturated heterocycles. The van der Waals surface area contributed by atoms with E-state index < -0.39 is 102 Å². The summed E-state index contributed by atoms with van der Waals surface area (Å²) in [7, 11) is 5.26. The molecule has 54 heavy (non-hydrogen) atoms. The van der Waals surface area contributed by atoms with Crippen LogP contribution in [0.2, 0.25) is 0 Å². The minimum atomic E-state index is -1.85. The van der Waals surface area contributed by atoms with E-state index in [0.29, 0.717) is 19.5 Å². The number of hydrogen-bond acceptors (Lipinski definition) is 15. The molecule has 3 rings (SSSR count). The van der Waals surface area contributed by atoms with Gasteiger partial charge in [0.2, 0.25) is 0 Å². The van der Waals surface area contributed by atoms with Crippen molar-refractivity contribution < 1.29 is 58.7 Å². The molecular weight excluding hydrogens is 702 g/mol. The molecule has 0 amide bonds. The number of rotatable bonds is 10. The smallest absolute Gasteiger partial charge is 0.311 e. The number of aliphatic hydroxyl groups is 5. The summed E-state index contributed by atoms with van der Waals surface area (Å²) in [6.07, 6.45) is -8.62. The second-order valence-electron chi connectivity index (χ2n) is 17.5. The Morgan fingerprint density at radius 2 is 1.57 bits per heavy atom. The standard InChI is InChI=1S/C39H75N3O12/c1-14-27-39(10,48)32(44)22(4)29(41-16-15-40)20(2)18-37(8,47)34(54-36-30(43)26(42(11)12)17-21(3)50-36)23(5)31(24(6)35(46)52-27)53-28-19-38(9,49-13)33(45)25(7)51-28/h20-34,36,41,43-45,47-48H,14-19,40H2,1-13H3/t20-,21?,22+,23+,24-,25?,26?,27-,28?,29+,30?,31+,32-,33?,34-,36?,37-,38?,39-/m1/s1. The summed E-state index contributed by atoms with van der Waals surface area (Å²) in [4.78, 5) is 16.2. The van der Waals surface area contributed by atoms with E-state index in [1.807, 2.05) is 46.7 Å². The molecule has 318 valence electrons. The van der Waals surface area contributed by atoms with Crippen molar-refractivity contribution in [1.82, 2.24) is 10.2 Å². The summed E-state index contributed by atoms with van der Waals surface area (Å²) in [5.41, 5.74) is 1.38. The van der Waals surface area contributed by atoms with E-state index in [1.165, 1.54) is 14.0 Å². The number of hydrogen-bond donors (Lipinski definition) is 7. The van der Waals surface area contributed by atoms with E-state index in [4.69, 9.17) is 34.2 Å². The Morgan fingerprint density at radius 3 is 2.13 bits per heavy atom. The van der Waals surface area contributed by atoms with Crippen LogP contribution in [0.25, 0.3) is 0 Å². The van der Waals surface area contributed by atoms with Crippen molar-refractivity contribution in [3.63, 3.8) is 0 Å². The van der Waals surface area contributed by atoms with E-state index in [-0.39, 0.29) is 37.3 Å². The Balaban J connectivity index is 2.22. The molecule has 15 nitrogen and oxygen atoms in total. The van der Waals surface area contributed by atoms with E-state index in [0.717, 1.165) is 0 Å². The van der Waals surface area contributed by atoms with Gasteiger partial charge in [0.05, 0.1) is 47.6 Å². The first-order valence-corrected chi connectivity index (χ1v) is 19.9. The number of aliphatic hydroxyl groups excluding tert-OH is 3. The van der Waals surface area contributed by atoms with Gasteiger partial charge in [-0.25, -0.2) is 0 Å². The number of cyclic esters (lactones) is 1. The lowest BCUT2D eigenvalue weighted by Gasteiger charge is -2.49. The van der Waals surface area contributed by atoms with Crippen LogP contribution >= 0.6 is 0 Å². The fourth-order valence-electron chi connectivity index (χ4n) is 9.24. The average Bonchev–Trinajstić information content (AvgIpc) is 3.09. The molecule has 3 fully saturated rings. The molecule has 0 spiro atoms. The maximum Gasteiger partial charge on any atom is 0.311 e. The maximum absolute atomic E-state index is 14.3. The third kappa shape index (κ3) is 10.5. The number of nitrogens with zero attached hydrogens (tertiary/aromatic N) is 1. The number of methoxy groups -OCH3 is 1. The Bertz CT molecular complexity index is 1180. The predicted octanol–water partition coefficient (Wildman–Crippen LogP) is 1.13. The first-order chi connectivity index (χ1) is 25.0. The fraction of sp³-hybridized carbons (Fsp3) is 0.974. The topological polar surface area (TPSA) is 215 Å². The molecule has 0 aromatic heterocycles. The van der Waals surface area contributed by atoms with Crippen LogP contribution in [0.1, 0.15) is 94.9 Å². The largest absolute Gasteiger partial charge is 0.459 e. The van der Waals surface area contributed by atoms with Crippen molar-refractivity contribution in [3.05, 3.63) is 0 Å². The van der Waals surface area contributed by atoms with Crippen LogP contribution in [0.15, 0.2) is 0 Å². The molecule has 0 bridgehead atoms. The number of nitrogens with one attached hydrogen (secondary N) is 1. The van der Waals surface area contributed by atoms with Gasteiger partial charge >= 0.3 is 5.97 Å². The van der Waals surface area contributed by atoms with Crippen LogP contribution in [0, 0.1) is 23.7 Å². The third-order valence-electron chi connectivity index (χ3n) is 12.6. The minimum absolute atomic E-state index is 0.121. The summed E-state index contributed by atoms with van der Waals surface area (Å²) in [5, 5.41) is 62.3. The number of esters is 1. The molecule has 3 aliphatic heterocycles. The SMILES string of the molecule is CC[C@H]1OC(=O)[C@H](C)[C@@H](OC2CC(C)(OC)C(O)C(C)O2)[C@H](C)[C@@H](OC2OC(C)CC(N(C)C)C2O)[C@](C)(O)C[C@@H](C)[C@H](NCCN)[C@H](C)[C@@H](O)[C@]1(C)O. The molecule has 0 radical (unpaired) electrons. The second-order valence-corrected chi connectivity index (χ2v) is 17.5. The molecule has 8 unspecified atom stereocenters. The summed E-state index contributed by atoms with van der Waals surface area (Å²) in [6, 6.07) is -0.747. The van der Waals surface area contributed by atoms with Gasteiger partial charge in [0.1, 0.15) is 23.9 Å². The zero-order valence-electron chi connectivity index (χ0n) is 35.1. The highest BCUT2D eigenvalue weighted by Crippen LogP contribution is 2.41. The van der Waals surface area contributed by atoms with E-state index in [9.17, 15) is 30.3 Å². The van der Waals surface area contributed by atoms with Gasteiger partial charge < -0.3 is 69.9 Å². The van der Waals surface area contributed by atoms with Crippen molar-refractivity contribution >= 4 is 5.97 Å². The van der Waals surface area contributed by atoms with E-state index in [1.54, 1.807) is 34.6 Å². The van der Waals surface area contributed by atoms with Gasteiger partial charge in [0.15, 0.2) is 12.6 Å². The second kappa shape index (κ2) is 19.1. The molecule has 3 aliphatic rings. The summed E-state index contributed by atoms with van der Waals surface area (Å²) >= 11 is 0. The highest BCUT2D eigenvalue weighted by Gasteiger charge is 2.53. The van der Waals surface area contributed by atoms with Gasteiger partial charge in [-0.15, -0.1) is 0 Å². The van der Waals surface area contributed by atoms with Crippen LogP contribution in [0.5, 0.6) is 0 Å². The molecule has 0 aromatic carbocycles. The van der Waals surface area contributed by atoms with Gasteiger partial charge in [-0.2, -0.15) is 0 Å². The van der Waals surface area contributed by atoms with Gasteiger partial charge in [-0.3, -0.25) is 4.79 Å². The third-order valence-corrected chi connectivity index (χ3v) is 12.6. The summed E-state index contributed by atoms with van der Waals surface area (Å²) < 4.78 is 37.7. The fourth-order valence-corrected chi connectivity index (χ4v) is 9.24. The molecule has 15 heteroatoms. The first-order valence-electron chi connectivity index (χ1n) is 19.9. The van der Waals surface area contributed by atoms with Crippen LogP contribution in [0.4, 0.5) is 0 Å². The van der Waals surface area contributed by atoms with Gasteiger partial charge in [0.25, 0.3) is 0 Å². The molecule has 0 aromatic rings. The van der Waals surface area contributed by atoms with Gasteiger partial charge in [-0.1, -0.05) is 27.7 Å². The lowest BCUT2D eigenvalue weighted by molar-refractivity contribution is -0.318. The van der Waals surface area contributed by atoms with Crippen molar-refractivity contribution in [2.45, 2.75) is 185 Å². The Morgan fingerprint density at radius 1 is 0.944 bits per heavy atom. The molecule has 0 saturated carbocycles. The van der Waals surface area contributed by atoms with Gasteiger partial charge in [-0.05, 0) is 80.8 Å². The number of carbonyl (C=O) groups is 1. The van der Waals surface area contributed by atoms with Crippen LogP contribution < -0.4 is 11.1 Å². The number of likely N-dealkylation sites (N-methyl/N-ethyl adjacent to an activating group) is 1. The maximum atomic E-state index is 14.3. The lowest BCUT2D eigenvalue weighted by Crippen LogP contribution is -2.62. The van der Waals surface area contributed by atoms with Crippen molar-refractivity contribution in [2.75, 3.05) is 34.3 Å². The Kier molecular flexibility index (Phi) is 16.8. The molecule has 3 heterocycles. The highest BCUT2D eigenvalue weighted by molar-refractivity contribution is 5.73. The lowest BCUT2D eigenvalue weighted by atomic mass is 9.72. The average molecular weight is 778 g/mol. The van der Waals surface area contributed by atoms with E-state index in [2.05, 4.69) is 5.32 Å². The molecule has 19 atom stereocenters. The Labute approximate surface area is 323 Å². The Hall–Kier alpha value is -1.05. The number of ether oxygens (including phenoxy) is 6. The molecule has 0 aliphatic carbocycles. The monoisotopic (exact) mass is 778 g/mol. The molecule has 8 N–H and O–H groups in total. The summed E-state index contributed by atoms with van der Waals surface area (Å²) in [5.74, 6) is -3.41. The first kappa shape index (κ1) is 47.3. The predicted molar refractivity (Wildman–Crippen MR) is 202 cm³/mol. The number of nitrogens with two attached hydrogens (primary N) is 1. The van der Waals surface area contributed by atoms with Gasteiger partial charge in [0, 0.05) is 50.5 Å². The van der Waals surface area contributed by atoms with Crippen LogP contribution in [-0.4, -0.2) is 161 Å². The van der Waals surface area contributed by atoms with Crippen LogP contribution in [0.3, 0.4) is 0 Å². The van der Waals surface area contributed by atoms with Crippen LogP contribution in [-0.2, 0) is 33.2 Å². The van der Waals surface area contributed by atoms with E-state index >= 15 is 0 Å². The quantitative estimate of drug-likeness (QED) is 0.155. The summed E-state index contributed by atoms with van der Waals surface area (Å²) in [6.45, 7) is 18.2. The normalized spacial score (nSPS) is 49.0. The number of carbonyl (C=O) groups excluding carboxylic acids is 1. The minimum Gasteiger partial charge on any atom is -0.459 e.